The third kappa shape index (κ3) is 4.21. The molecule has 6 heteroatoms. The lowest BCUT2D eigenvalue weighted by Crippen LogP contribution is -2.11. The van der Waals surface area contributed by atoms with E-state index in [1.807, 2.05) is 13.8 Å². The Morgan fingerprint density at radius 1 is 1.36 bits per heavy atom. The van der Waals surface area contributed by atoms with Crippen LogP contribution in [0.4, 0.5) is 0 Å². The van der Waals surface area contributed by atoms with Crippen molar-refractivity contribution in [1.29, 1.82) is 0 Å². The lowest BCUT2D eigenvalue weighted by Gasteiger charge is -2.06. The molecule has 0 aliphatic heterocycles. The van der Waals surface area contributed by atoms with Crippen molar-refractivity contribution in [1.82, 2.24) is 10.2 Å². The van der Waals surface area contributed by atoms with Gasteiger partial charge in [-0.15, -0.1) is 21.8 Å². The van der Waals surface area contributed by atoms with E-state index in [1.165, 1.54) is 11.3 Å². The Labute approximate surface area is 92.2 Å². The van der Waals surface area contributed by atoms with E-state index < -0.39 is 0 Å². The predicted molar refractivity (Wildman–Crippen MR) is 56.0 cm³/mol. The Bertz CT molecular complexity index is 268. The number of halogens is 1. The molecule has 1 aromatic heterocycles. The third-order valence-corrected chi connectivity index (χ3v) is 2.57. The van der Waals surface area contributed by atoms with Crippen LogP contribution in [-0.2, 0) is 10.6 Å². The Balaban J connectivity index is 2.18. The van der Waals surface area contributed by atoms with Crippen molar-refractivity contribution >= 4 is 22.9 Å². The van der Waals surface area contributed by atoms with E-state index in [0.717, 1.165) is 5.01 Å². The van der Waals surface area contributed by atoms with Gasteiger partial charge in [0.05, 0.1) is 18.6 Å². The average molecular weight is 237 g/mol. The van der Waals surface area contributed by atoms with Crippen molar-refractivity contribution in [3.05, 3.63) is 5.01 Å². The second kappa shape index (κ2) is 6.16. The largest absolute Gasteiger partial charge is 0.466 e. The molecule has 1 aromatic rings. The highest BCUT2D eigenvalue weighted by atomic mass is 35.5. The van der Waals surface area contributed by atoms with Gasteiger partial charge in [0.25, 0.3) is 5.19 Å². The van der Waals surface area contributed by atoms with Crippen molar-refractivity contribution in [3.63, 3.8) is 0 Å². The maximum Gasteiger partial charge on any atom is 0.294 e. The van der Waals surface area contributed by atoms with E-state index in [1.54, 1.807) is 0 Å². The van der Waals surface area contributed by atoms with Crippen LogP contribution < -0.4 is 4.74 Å². The van der Waals surface area contributed by atoms with E-state index in [2.05, 4.69) is 10.2 Å². The Hall–Kier alpha value is -0.390. The van der Waals surface area contributed by atoms with Crippen molar-refractivity contribution in [2.45, 2.75) is 25.8 Å². The number of nitrogens with zero attached hydrogens (tertiary/aromatic N) is 2. The van der Waals surface area contributed by atoms with E-state index in [9.17, 15) is 0 Å². The summed E-state index contributed by atoms with van der Waals surface area (Å²) in [7, 11) is 0. The van der Waals surface area contributed by atoms with Gasteiger partial charge in [0.1, 0.15) is 11.6 Å². The summed E-state index contributed by atoms with van der Waals surface area (Å²) >= 11 is 6.93. The Morgan fingerprint density at radius 3 is 2.71 bits per heavy atom. The number of ether oxygens (including phenoxy) is 2. The van der Waals surface area contributed by atoms with Gasteiger partial charge in [-0.05, 0) is 13.8 Å². The maximum absolute atomic E-state index is 5.57. The third-order valence-electron chi connectivity index (χ3n) is 1.32. The van der Waals surface area contributed by atoms with E-state index in [4.69, 9.17) is 21.1 Å². The summed E-state index contributed by atoms with van der Waals surface area (Å²) in [5.74, 6) is 0.378. The van der Waals surface area contributed by atoms with Crippen molar-refractivity contribution in [2.75, 3.05) is 13.2 Å². The zero-order chi connectivity index (χ0) is 10.4. The molecular weight excluding hydrogens is 224 g/mol. The SMILES string of the molecule is CC(C)OCCOc1nnc(CCl)s1. The zero-order valence-corrected chi connectivity index (χ0v) is 9.77. The fourth-order valence-corrected chi connectivity index (χ4v) is 1.54. The van der Waals surface area contributed by atoms with E-state index in [-0.39, 0.29) is 6.10 Å². The van der Waals surface area contributed by atoms with Gasteiger partial charge in [-0.25, -0.2) is 0 Å². The second-order valence-corrected chi connectivity index (χ2v) is 4.16. The monoisotopic (exact) mass is 236 g/mol. The van der Waals surface area contributed by atoms with Crippen LogP contribution in [0.15, 0.2) is 0 Å². The number of aromatic nitrogens is 2. The molecule has 0 aliphatic rings. The summed E-state index contributed by atoms with van der Waals surface area (Å²) in [5, 5.41) is 8.95. The summed E-state index contributed by atoms with van der Waals surface area (Å²) in [6, 6.07) is 0. The van der Waals surface area contributed by atoms with Gasteiger partial charge in [-0.1, -0.05) is 11.3 Å². The first-order chi connectivity index (χ1) is 6.72. The fraction of sp³-hybridized carbons (Fsp3) is 0.750. The topological polar surface area (TPSA) is 44.2 Å². The highest BCUT2D eigenvalue weighted by molar-refractivity contribution is 7.13. The molecular formula is C8H13ClN2O2S. The lowest BCUT2D eigenvalue weighted by molar-refractivity contribution is 0.0550. The normalized spacial score (nSPS) is 10.9. The first kappa shape index (κ1) is 11.7. The zero-order valence-electron chi connectivity index (χ0n) is 8.20. The van der Waals surface area contributed by atoms with E-state index >= 15 is 0 Å². The maximum atomic E-state index is 5.57. The molecule has 80 valence electrons. The van der Waals surface area contributed by atoms with Crippen molar-refractivity contribution in [3.8, 4) is 5.19 Å². The average Bonchev–Trinajstić information content (AvgIpc) is 2.60. The molecule has 0 atom stereocenters. The summed E-state index contributed by atoms with van der Waals surface area (Å²) in [4.78, 5) is 0. The molecule has 0 bridgehead atoms. The predicted octanol–water partition coefficient (Wildman–Crippen LogP) is 2.08. The molecule has 4 nitrogen and oxygen atoms in total. The molecule has 0 saturated carbocycles. The quantitative estimate of drug-likeness (QED) is 0.560. The summed E-state index contributed by atoms with van der Waals surface area (Å²) in [6.07, 6.45) is 0.228. The van der Waals surface area contributed by atoms with Gasteiger partial charge < -0.3 is 9.47 Å². The molecule has 0 unspecified atom stereocenters. The van der Waals surface area contributed by atoms with Crippen LogP contribution in [0.3, 0.4) is 0 Å². The molecule has 0 aromatic carbocycles. The van der Waals surface area contributed by atoms with Crippen LogP contribution in [0, 0.1) is 0 Å². The number of alkyl halides is 1. The van der Waals surface area contributed by atoms with Crippen LogP contribution in [0.25, 0.3) is 0 Å². The highest BCUT2D eigenvalue weighted by Crippen LogP contribution is 2.18. The van der Waals surface area contributed by atoms with Crippen LogP contribution in [0.1, 0.15) is 18.9 Å². The minimum Gasteiger partial charge on any atom is -0.466 e. The molecule has 0 saturated heterocycles. The summed E-state index contributed by atoms with van der Waals surface area (Å²) < 4.78 is 10.6. The molecule has 0 radical (unpaired) electrons. The van der Waals surface area contributed by atoms with Crippen LogP contribution >= 0.6 is 22.9 Å². The minimum atomic E-state index is 0.228. The fourth-order valence-electron chi connectivity index (χ4n) is 0.763. The van der Waals surface area contributed by atoms with Gasteiger partial charge in [-0.2, -0.15) is 0 Å². The van der Waals surface area contributed by atoms with Crippen LogP contribution in [0.5, 0.6) is 5.19 Å². The molecule has 0 N–H and O–H groups in total. The first-order valence-electron chi connectivity index (χ1n) is 4.35. The Kier molecular flexibility index (Phi) is 5.14. The van der Waals surface area contributed by atoms with Gasteiger partial charge in [0, 0.05) is 0 Å². The van der Waals surface area contributed by atoms with Gasteiger partial charge in [0.15, 0.2) is 0 Å². The van der Waals surface area contributed by atoms with Gasteiger partial charge in [-0.3, -0.25) is 0 Å². The smallest absolute Gasteiger partial charge is 0.294 e. The molecule has 0 amide bonds. The van der Waals surface area contributed by atoms with E-state index in [0.29, 0.717) is 24.3 Å². The molecule has 14 heavy (non-hydrogen) atoms. The Morgan fingerprint density at radius 2 is 2.14 bits per heavy atom. The van der Waals surface area contributed by atoms with Crippen LogP contribution in [-0.4, -0.2) is 29.5 Å². The highest BCUT2D eigenvalue weighted by Gasteiger charge is 2.03. The molecule has 1 heterocycles. The minimum absolute atomic E-state index is 0.228. The standard InChI is InChI=1S/C8H13ClN2O2S/c1-6(2)12-3-4-13-8-11-10-7(5-9)14-8/h6H,3-5H2,1-2H3. The van der Waals surface area contributed by atoms with Gasteiger partial charge in [0.2, 0.25) is 0 Å². The summed E-state index contributed by atoms with van der Waals surface area (Å²) in [6.45, 7) is 5.02. The number of rotatable bonds is 6. The summed E-state index contributed by atoms with van der Waals surface area (Å²) in [5.41, 5.74) is 0. The first-order valence-corrected chi connectivity index (χ1v) is 5.70. The van der Waals surface area contributed by atoms with Crippen molar-refractivity contribution < 1.29 is 9.47 Å². The molecule has 0 aliphatic carbocycles. The van der Waals surface area contributed by atoms with Crippen molar-refractivity contribution in [2.24, 2.45) is 0 Å². The number of hydrogen-bond acceptors (Lipinski definition) is 5. The van der Waals surface area contributed by atoms with Crippen LogP contribution in [0.2, 0.25) is 0 Å². The molecule has 0 spiro atoms. The lowest BCUT2D eigenvalue weighted by atomic mass is 10.5. The van der Waals surface area contributed by atoms with Gasteiger partial charge >= 0.3 is 0 Å². The molecule has 0 fully saturated rings. The second-order valence-electron chi connectivity index (χ2n) is 2.86. The molecule has 1 rings (SSSR count). The number of hydrogen-bond donors (Lipinski definition) is 0.